The number of ether oxygens (including phenoxy) is 2. The van der Waals surface area contributed by atoms with Crippen molar-refractivity contribution in [3.8, 4) is 0 Å². The first-order chi connectivity index (χ1) is 12.7. The molecule has 4 heterocycles. The van der Waals surface area contributed by atoms with E-state index in [1.165, 1.54) is 0 Å². The number of halogens is 2. The van der Waals surface area contributed by atoms with Crippen LogP contribution in [0.2, 0.25) is 0 Å². The Morgan fingerprint density at radius 2 is 1.85 bits per heavy atom. The van der Waals surface area contributed by atoms with Crippen molar-refractivity contribution in [2.24, 2.45) is 0 Å². The van der Waals surface area contributed by atoms with Crippen molar-refractivity contribution in [3.05, 3.63) is 6.20 Å². The number of nitrogens with one attached hydrogen (secondary N) is 1. The van der Waals surface area contributed by atoms with Gasteiger partial charge < -0.3 is 19.7 Å². The number of hydrogen-bond acceptors (Lipinski definition) is 7. The van der Waals surface area contributed by atoms with E-state index in [-0.39, 0.29) is 12.0 Å². The molecule has 2 aliphatic heterocycles. The highest BCUT2D eigenvalue weighted by molar-refractivity contribution is 5.88. The highest BCUT2D eigenvalue weighted by atomic mass is 19.3. The van der Waals surface area contributed by atoms with Gasteiger partial charge in [-0.15, -0.1) is 0 Å². The fourth-order valence-electron chi connectivity index (χ4n) is 3.37. The van der Waals surface area contributed by atoms with Crippen molar-refractivity contribution < 1.29 is 18.3 Å². The molecule has 2 saturated heterocycles. The van der Waals surface area contributed by atoms with E-state index in [0.29, 0.717) is 51.0 Å². The molecule has 1 N–H and O–H groups in total. The first kappa shape index (κ1) is 17.3. The third-order valence-electron chi connectivity index (χ3n) is 4.70. The molecule has 0 amide bonds. The van der Waals surface area contributed by atoms with E-state index in [1.807, 2.05) is 4.68 Å². The average molecular weight is 368 g/mol. The summed E-state index contributed by atoms with van der Waals surface area (Å²) in [5.74, 6) is 0.918. The minimum atomic E-state index is -2.47. The van der Waals surface area contributed by atoms with Crippen molar-refractivity contribution >= 4 is 22.8 Å². The van der Waals surface area contributed by atoms with Crippen LogP contribution in [0.3, 0.4) is 0 Å². The zero-order valence-electron chi connectivity index (χ0n) is 14.4. The number of nitrogens with zero attached hydrogens (tertiary/aromatic N) is 5. The normalized spacial score (nSPS) is 19.4. The Labute approximate surface area is 149 Å². The Balaban J connectivity index is 1.73. The zero-order chi connectivity index (χ0) is 17.9. The van der Waals surface area contributed by atoms with Crippen LogP contribution < -0.4 is 10.2 Å². The highest BCUT2D eigenvalue weighted by Crippen LogP contribution is 2.30. The van der Waals surface area contributed by atoms with Crippen molar-refractivity contribution in [2.75, 3.05) is 56.3 Å². The van der Waals surface area contributed by atoms with Crippen LogP contribution >= 0.6 is 0 Å². The maximum Gasteiger partial charge on any atom is 0.255 e. The molecule has 0 atom stereocenters. The summed E-state index contributed by atoms with van der Waals surface area (Å²) in [6, 6.07) is 0.191. The van der Waals surface area contributed by atoms with Gasteiger partial charge in [-0.25, -0.2) is 13.5 Å². The van der Waals surface area contributed by atoms with Crippen LogP contribution in [0.4, 0.5) is 20.5 Å². The lowest BCUT2D eigenvalue weighted by atomic mass is 10.1. The number of aromatic nitrogens is 4. The van der Waals surface area contributed by atoms with Crippen LogP contribution in [0.25, 0.3) is 11.0 Å². The Hall–Kier alpha value is -2.07. The molecule has 0 aromatic carbocycles. The third-order valence-corrected chi connectivity index (χ3v) is 4.70. The van der Waals surface area contributed by atoms with Crippen molar-refractivity contribution in [2.45, 2.75) is 25.3 Å². The van der Waals surface area contributed by atoms with Crippen LogP contribution in [-0.4, -0.2) is 72.2 Å². The first-order valence-corrected chi connectivity index (χ1v) is 8.90. The van der Waals surface area contributed by atoms with E-state index in [1.54, 1.807) is 6.20 Å². The van der Waals surface area contributed by atoms with E-state index in [9.17, 15) is 8.78 Å². The van der Waals surface area contributed by atoms with E-state index in [0.717, 1.165) is 18.2 Å². The molecule has 10 heteroatoms. The van der Waals surface area contributed by atoms with Gasteiger partial charge in [0.1, 0.15) is 5.82 Å². The summed E-state index contributed by atoms with van der Waals surface area (Å²) in [6.45, 7) is 3.50. The van der Waals surface area contributed by atoms with Gasteiger partial charge in [-0.2, -0.15) is 15.1 Å². The summed E-state index contributed by atoms with van der Waals surface area (Å²) in [5.41, 5.74) is 0.671. The molecule has 0 radical (unpaired) electrons. The largest absolute Gasteiger partial charge is 0.381 e. The molecule has 2 aliphatic rings. The quantitative estimate of drug-likeness (QED) is 0.861. The monoisotopic (exact) mass is 368 g/mol. The van der Waals surface area contributed by atoms with Gasteiger partial charge in [-0.3, -0.25) is 0 Å². The van der Waals surface area contributed by atoms with Crippen LogP contribution in [-0.2, 0) is 9.47 Å². The molecule has 142 valence electrons. The van der Waals surface area contributed by atoms with Crippen LogP contribution in [0.1, 0.15) is 18.9 Å². The molecule has 0 unspecified atom stereocenters. The second-order valence-corrected chi connectivity index (χ2v) is 6.41. The van der Waals surface area contributed by atoms with Crippen LogP contribution in [0, 0.1) is 0 Å². The third kappa shape index (κ3) is 3.56. The number of morpholine rings is 1. The predicted octanol–water partition coefficient (Wildman–Crippen LogP) is 1.69. The summed E-state index contributed by atoms with van der Waals surface area (Å²) in [6.07, 6.45) is 1.01. The lowest BCUT2D eigenvalue weighted by Crippen LogP contribution is -2.37. The molecule has 2 aromatic heterocycles. The predicted molar refractivity (Wildman–Crippen MR) is 91.9 cm³/mol. The minimum absolute atomic E-state index is 0.191. The molecule has 0 bridgehead atoms. The molecule has 0 spiro atoms. The molecule has 2 aromatic rings. The van der Waals surface area contributed by atoms with Crippen molar-refractivity contribution in [3.63, 3.8) is 0 Å². The van der Waals surface area contributed by atoms with Gasteiger partial charge in [0.2, 0.25) is 5.95 Å². The fraction of sp³-hybridized carbons (Fsp3) is 0.688. The number of fused-ring (bicyclic) bond motifs is 1. The molecule has 4 rings (SSSR count). The van der Waals surface area contributed by atoms with Gasteiger partial charge in [-0.1, -0.05) is 0 Å². The Morgan fingerprint density at radius 3 is 2.58 bits per heavy atom. The van der Waals surface area contributed by atoms with Gasteiger partial charge in [0.15, 0.2) is 5.65 Å². The fourth-order valence-corrected chi connectivity index (χ4v) is 3.37. The van der Waals surface area contributed by atoms with E-state index in [4.69, 9.17) is 9.47 Å². The Morgan fingerprint density at radius 1 is 1.12 bits per heavy atom. The van der Waals surface area contributed by atoms with Crippen LogP contribution in [0.15, 0.2) is 6.20 Å². The topological polar surface area (TPSA) is 77.3 Å². The lowest BCUT2D eigenvalue weighted by Gasteiger charge is -2.28. The summed E-state index contributed by atoms with van der Waals surface area (Å²) < 4.78 is 38.0. The van der Waals surface area contributed by atoms with Gasteiger partial charge in [0, 0.05) is 26.3 Å². The summed E-state index contributed by atoms with van der Waals surface area (Å²) >= 11 is 0. The maximum absolute atomic E-state index is 12.6. The molecular weight excluding hydrogens is 346 g/mol. The first-order valence-electron chi connectivity index (χ1n) is 8.90. The smallest absolute Gasteiger partial charge is 0.255 e. The number of alkyl halides is 2. The number of hydrogen-bond donors (Lipinski definition) is 1. The maximum atomic E-state index is 12.6. The van der Waals surface area contributed by atoms with Gasteiger partial charge in [0.05, 0.1) is 37.4 Å². The van der Waals surface area contributed by atoms with Crippen molar-refractivity contribution in [1.29, 1.82) is 0 Å². The number of rotatable bonds is 5. The Bertz CT molecular complexity index is 744. The van der Waals surface area contributed by atoms with E-state index in [2.05, 4.69) is 25.3 Å². The molecular formula is C16H22F2N6O2. The van der Waals surface area contributed by atoms with Gasteiger partial charge >= 0.3 is 0 Å². The SMILES string of the molecule is FC(F)CNc1nc(N2CCOCC2)c2cnn(C3CCOCC3)c2n1. The van der Waals surface area contributed by atoms with E-state index >= 15 is 0 Å². The van der Waals surface area contributed by atoms with Gasteiger partial charge in [-0.05, 0) is 12.8 Å². The Kier molecular flexibility index (Phi) is 5.11. The second-order valence-electron chi connectivity index (χ2n) is 6.41. The van der Waals surface area contributed by atoms with E-state index < -0.39 is 13.0 Å². The molecule has 8 nitrogen and oxygen atoms in total. The second kappa shape index (κ2) is 7.67. The molecule has 0 saturated carbocycles. The highest BCUT2D eigenvalue weighted by Gasteiger charge is 2.24. The van der Waals surface area contributed by atoms with Crippen molar-refractivity contribution in [1.82, 2.24) is 19.7 Å². The lowest BCUT2D eigenvalue weighted by molar-refractivity contribution is 0.0673. The molecule has 26 heavy (non-hydrogen) atoms. The zero-order valence-corrected chi connectivity index (χ0v) is 14.4. The van der Waals surface area contributed by atoms with Gasteiger partial charge in [0.25, 0.3) is 6.43 Å². The van der Waals surface area contributed by atoms with Crippen LogP contribution in [0.5, 0.6) is 0 Å². The average Bonchev–Trinajstić information content (AvgIpc) is 3.11. The minimum Gasteiger partial charge on any atom is -0.381 e. The standard InChI is InChI=1S/C16H22F2N6O2/c17-13(18)10-19-16-21-14(23-3-7-26-8-4-23)12-9-20-24(15(12)22-16)11-1-5-25-6-2-11/h9,11,13H,1-8,10H2,(H,19,21,22). The summed E-state index contributed by atoms with van der Waals surface area (Å²) in [7, 11) is 0. The molecule has 0 aliphatic carbocycles. The summed E-state index contributed by atoms with van der Waals surface area (Å²) in [5, 5.41) is 8.01. The number of anilines is 2. The molecule has 2 fully saturated rings. The summed E-state index contributed by atoms with van der Waals surface area (Å²) in [4.78, 5) is 11.1.